The van der Waals surface area contributed by atoms with Crippen LogP contribution in [0.15, 0.2) is 18.2 Å². The van der Waals surface area contributed by atoms with Crippen LogP contribution >= 0.6 is 0 Å². The van der Waals surface area contributed by atoms with Crippen molar-refractivity contribution in [1.29, 1.82) is 0 Å². The molecular weight excluding hydrogens is 180 g/mol. The number of rotatable bonds is 3. The topological polar surface area (TPSA) is 78.3 Å². The largest absolute Gasteiger partial charge is 0.496 e. The normalized spacial score (nSPS) is 12.2. The van der Waals surface area contributed by atoms with Gasteiger partial charge in [0.1, 0.15) is 11.8 Å². The predicted molar refractivity (Wildman–Crippen MR) is 53.9 cm³/mol. The van der Waals surface area contributed by atoms with Crippen LogP contribution < -0.4 is 16.2 Å². The second-order valence-electron chi connectivity index (χ2n) is 3.11. The number of methoxy groups -OCH3 is 1. The van der Waals surface area contributed by atoms with E-state index in [1.165, 1.54) is 0 Å². The molecule has 0 fully saturated rings. The Balaban J connectivity index is 3.02. The van der Waals surface area contributed by atoms with E-state index in [0.717, 1.165) is 11.3 Å². The standard InChI is InChI=1S/C10H14N2O2/c1-6-5-7(9(11)10(12)13)3-4-8(6)14-2/h3-5,9H,11H2,1-2H3,(H2,12,13). The summed E-state index contributed by atoms with van der Waals surface area (Å²) in [5.74, 6) is 0.236. The fourth-order valence-corrected chi connectivity index (χ4v) is 1.26. The smallest absolute Gasteiger partial charge is 0.238 e. The van der Waals surface area contributed by atoms with Crippen molar-refractivity contribution in [3.05, 3.63) is 29.3 Å². The molecule has 1 aromatic carbocycles. The van der Waals surface area contributed by atoms with Crippen molar-refractivity contribution >= 4 is 5.91 Å². The number of nitrogens with two attached hydrogens (primary N) is 2. The van der Waals surface area contributed by atoms with Gasteiger partial charge in [0.15, 0.2) is 0 Å². The fourth-order valence-electron chi connectivity index (χ4n) is 1.26. The van der Waals surface area contributed by atoms with Crippen molar-refractivity contribution in [2.75, 3.05) is 7.11 Å². The number of carbonyl (C=O) groups is 1. The Kier molecular flexibility index (Phi) is 3.09. The third-order valence-corrected chi connectivity index (χ3v) is 2.08. The van der Waals surface area contributed by atoms with E-state index in [1.54, 1.807) is 25.3 Å². The molecule has 14 heavy (non-hydrogen) atoms. The summed E-state index contributed by atoms with van der Waals surface area (Å²) in [4.78, 5) is 10.8. The van der Waals surface area contributed by atoms with Crippen LogP contribution in [0.25, 0.3) is 0 Å². The number of benzene rings is 1. The van der Waals surface area contributed by atoms with Gasteiger partial charge >= 0.3 is 0 Å². The first kappa shape index (κ1) is 10.5. The molecule has 1 aromatic rings. The van der Waals surface area contributed by atoms with E-state index in [1.807, 2.05) is 6.92 Å². The average Bonchev–Trinajstić information content (AvgIpc) is 2.16. The Morgan fingerprint density at radius 3 is 2.57 bits per heavy atom. The van der Waals surface area contributed by atoms with Crippen LogP contribution in [-0.4, -0.2) is 13.0 Å². The first-order valence-electron chi connectivity index (χ1n) is 4.25. The molecule has 0 saturated carbocycles. The highest BCUT2D eigenvalue weighted by Crippen LogP contribution is 2.21. The van der Waals surface area contributed by atoms with Crippen molar-refractivity contribution in [2.24, 2.45) is 11.5 Å². The van der Waals surface area contributed by atoms with Crippen LogP contribution in [0.3, 0.4) is 0 Å². The fraction of sp³-hybridized carbons (Fsp3) is 0.300. The maximum Gasteiger partial charge on any atom is 0.238 e. The molecule has 0 aromatic heterocycles. The molecule has 1 atom stereocenters. The van der Waals surface area contributed by atoms with Crippen molar-refractivity contribution in [2.45, 2.75) is 13.0 Å². The molecule has 1 amide bonds. The molecule has 4 nitrogen and oxygen atoms in total. The quantitative estimate of drug-likeness (QED) is 0.735. The maximum atomic E-state index is 10.8. The summed E-state index contributed by atoms with van der Waals surface area (Å²) in [6, 6.07) is 4.56. The molecule has 1 unspecified atom stereocenters. The minimum absolute atomic E-state index is 0.533. The Labute approximate surface area is 82.8 Å². The average molecular weight is 194 g/mol. The lowest BCUT2D eigenvalue weighted by Crippen LogP contribution is -2.28. The molecule has 0 saturated heterocycles. The van der Waals surface area contributed by atoms with Crippen molar-refractivity contribution in [3.8, 4) is 5.75 Å². The Morgan fingerprint density at radius 1 is 1.50 bits per heavy atom. The van der Waals surface area contributed by atoms with Gasteiger partial charge in [-0.3, -0.25) is 4.79 Å². The molecule has 76 valence electrons. The number of aryl methyl sites for hydroxylation is 1. The highest BCUT2D eigenvalue weighted by atomic mass is 16.5. The molecule has 1 rings (SSSR count). The van der Waals surface area contributed by atoms with Crippen LogP contribution in [-0.2, 0) is 4.79 Å². The number of carbonyl (C=O) groups excluding carboxylic acids is 1. The molecule has 4 N–H and O–H groups in total. The number of hydrogen-bond donors (Lipinski definition) is 2. The van der Waals surface area contributed by atoms with Gasteiger partial charge in [0.05, 0.1) is 7.11 Å². The van der Waals surface area contributed by atoms with Gasteiger partial charge in [-0.25, -0.2) is 0 Å². The van der Waals surface area contributed by atoms with Gasteiger partial charge in [-0.2, -0.15) is 0 Å². The van der Waals surface area contributed by atoms with E-state index in [2.05, 4.69) is 0 Å². The molecule has 4 heteroatoms. The first-order valence-corrected chi connectivity index (χ1v) is 4.25. The Bertz CT molecular complexity index is 350. The summed E-state index contributed by atoms with van der Waals surface area (Å²) in [5, 5.41) is 0. The van der Waals surface area contributed by atoms with E-state index in [0.29, 0.717) is 5.56 Å². The van der Waals surface area contributed by atoms with E-state index in [-0.39, 0.29) is 0 Å². The second-order valence-corrected chi connectivity index (χ2v) is 3.11. The van der Waals surface area contributed by atoms with Crippen LogP contribution in [0.4, 0.5) is 0 Å². The summed E-state index contributed by atoms with van der Waals surface area (Å²) >= 11 is 0. The van der Waals surface area contributed by atoms with E-state index in [4.69, 9.17) is 16.2 Å². The number of ether oxygens (including phenoxy) is 1. The molecular formula is C10H14N2O2. The number of hydrogen-bond acceptors (Lipinski definition) is 3. The van der Waals surface area contributed by atoms with Gasteiger partial charge in [-0.05, 0) is 24.1 Å². The van der Waals surface area contributed by atoms with Crippen LogP contribution in [0.5, 0.6) is 5.75 Å². The van der Waals surface area contributed by atoms with Crippen LogP contribution in [0.1, 0.15) is 17.2 Å². The van der Waals surface area contributed by atoms with Crippen molar-refractivity contribution < 1.29 is 9.53 Å². The monoisotopic (exact) mass is 194 g/mol. The molecule has 0 aliphatic rings. The van der Waals surface area contributed by atoms with Gasteiger partial charge in [0, 0.05) is 0 Å². The summed E-state index contributed by atoms with van der Waals surface area (Å²) in [6.45, 7) is 1.88. The number of primary amides is 1. The zero-order valence-corrected chi connectivity index (χ0v) is 8.28. The van der Waals surface area contributed by atoms with Gasteiger partial charge in [-0.15, -0.1) is 0 Å². The lowest BCUT2D eigenvalue weighted by Gasteiger charge is -2.10. The third-order valence-electron chi connectivity index (χ3n) is 2.08. The summed E-state index contributed by atoms with van der Waals surface area (Å²) in [7, 11) is 1.59. The summed E-state index contributed by atoms with van der Waals surface area (Å²) in [6.07, 6.45) is 0. The van der Waals surface area contributed by atoms with Crippen LogP contribution in [0, 0.1) is 6.92 Å². The molecule has 0 radical (unpaired) electrons. The highest BCUT2D eigenvalue weighted by Gasteiger charge is 2.12. The Hall–Kier alpha value is -1.55. The van der Waals surface area contributed by atoms with E-state index < -0.39 is 11.9 Å². The predicted octanol–water partition coefficient (Wildman–Crippen LogP) is 0.489. The van der Waals surface area contributed by atoms with Gasteiger partial charge in [0.25, 0.3) is 0 Å². The lowest BCUT2D eigenvalue weighted by atomic mass is 10.0. The maximum absolute atomic E-state index is 10.8. The van der Waals surface area contributed by atoms with Gasteiger partial charge in [0.2, 0.25) is 5.91 Å². The molecule has 0 spiro atoms. The third kappa shape index (κ3) is 2.03. The highest BCUT2D eigenvalue weighted by molar-refractivity contribution is 5.81. The molecule has 0 heterocycles. The zero-order chi connectivity index (χ0) is 10.7. The molecule has 0 bridgehead atoms. The first-order chi connectivity index (χ1) is 6.56. The Morgan fingerprint density at radius 2 is 2.14 bits per heavy atom. The van der Waals surface area contributed by atoms with Gasteiger partial charge in [-0.1, -0.05) is 12.1 Å². The SMILES string of the molecule is COc1ccc(C(N)C(N)=O)cc1C. The van der Waals surface area contributed by atoms with Gasteiger partial charge < -0.3 is 16.2 Å². The zero-order valence-electron chi connectivity index (χ0n) is 8.28. The summed E-state index contributed by atoms with van der Waals surface area (Å²) < 4.78 is 5.08. The van der Waals surface area contributed by atoms with Crippen LogP contribution in [0.2, 0.25) is 0 Å². The van der Waals surface area contributed by atoms with Crippen molar-refractivity contribution in [1.82, 2.24) is 0 Å². The van der Waals surface area contributed by atoms with E-state index >= 15 is 0 Å². The minimum atomic E-state index is -0.750. The minimum Gasteiger partial charge on any atom is -0.496 e. The van der Waals surface area contributed by atoms with Crippen molar-refractivity contribution in [3.63, 3.8) is 0 Å². The lowest BCUT2D eigenvalue weighted by molar-refractivity contribution is -0.119. The second kappa shape index (κ2) is 4.11. The molecule has 0 aliphatic heterocycles. The van der Waals surface area contributed by atoms with E-state index in [9.17, 15) is 4.79 Å². The summed E-state index contributed by atoms with van der Waals surface area (Å²) in [5.41, 5.74) is 12.3. The number of amides is 1. The molecule has 0 aliphatic carbocycles.